The van der Waals surface area contributed by atoms with Gasteiger partial charge in [-0.15, -0.1) is 0 Å². The van der Waals surface area contributed by atoms with Crippen molar-refractivity contribution in [2.24, 2.45) is 0 Å². The smallest absolute Gasteiger partial charge is 0.335 e. The van der Waals surface area contributed by atoms with Crippen molar-refractivity contribution >= 4 is 55.2 Å². The van der Waals surface area contributed by atoms with Crippen LogP contribution in [0.2, 0.25) is 0 Å². The van der Waals surface area contributed by atoms with Crippen LogP contribution >= 0.6 is 15.9 Å². The van der Waals surface area contributed by atoms with E-state index in [0.29, 0.717) is 18.2 Å². The van der Waals surface area contributed by atoms with Crippen molar-refractivity contribution in [1.29, 1.82) is 0 Å². The minimum atomic E-state index is -1.75. The fourth-order valence-corrected chi connectivity index (χ4v) is 3.85. The van der Waals surface area contributed by atoms with Gasteiger partial charge in [0.25, 0.3) is 11.4 Å². The zero-order valence-corrected chi connectivity index (χ0v) is 18.5. The standard InChI is InChI=1S/C13H12BrNO2.C7H4N2O7/c1-7(15)6-10-8-2-4-17-13(8)11(14)9-3-5-16-12(9)10;10-6-4(7(11)12)1-3(8(13)14)2-5(6)9(15)16/h2-5,7H,6,15H2,1H3;1-2,10H,(H,11,12)/t7-;/m1./s1. The average molecular weight is 522 g/mol. The summed E-state index contributed by atoms with van der Waals surface area (Å²) < 4.78 is 12.1. The van der Waals surface area contributed by atoms with Gasteiger partial charge < -0.3 is 24.8 Å². The predicted octanol–water partition coefficient (Wildman–Crippen LogP) is 3.39. The molecule has 0 saturated heterocycles. The Bertz CT molecular complexity index is 1300. The van der Waals surface area contributed by atoms with Crippen molar-refractivity contribution in [3.05, 3.63) is 72.6 Å². The Morgan fingerprint density at radius 3 is 2.27 bits per heavy atom. The third-order valence-electron chi connectivity index (χ3n) is 4.61. The molecule has 13 heteroatoms. The van der Waals surface area contributed by atoms with Gasteiger partial charge in [0, 0.05) is 28.8 Å². The van der Waals surface area contributed by atoms with Crippen LogP contribution in [0.1, 0.15) is 22.8 Å². The number of fused-ring (bicyclic) bond motifs is 2. The van der Waals surface area contributed by atoms with Crippen molar-refractivity contribution in [1.82, 2.24) is 0 Å². The molecule has 0 aliphatic rings. The Kier molecular flexibility index (Phi) is 6.65. The van der Waals surface area contributed by atoms with Gasteiger partial charge in [-0.2, -0.15) is 0 Å². The normalized spacial score (nSPS) is 11.7. The molecule has 0 unspecified atom stereocenters. The number of furan rings is 2. The van der Waals surface area contributed by atoms with Crippen LogP contribution in [0, 0.1) is 20.2 Å². The highest BCUT2D eigenvalue weighted by molar-refractivity contribution is 9.10. The van der Waals surface area contributed by atoms with Crippen LogP contribution in [-0.2, 0) is 6.42 Å². The van der Waals surface area contributed by atoms with E-state index in [1.165, 1.54) is 5.56 Å². The molecule has 1 atom stereocenters. The van der Waals surface area contributed by atoms with Crippen molar-refractivity contribution in [2.45, 2.75) is 19.4 Å². The van der Waals surface area contributed by atoms with E-state index in [1.54, 1.807) is 12.5 Å². The monoisotopic (exact) mass is 521 g/mol. The Hall–Kier alpha value is -3.97. The Labute approximate surface area is 192 Å². The Morgan fingerprint density at radius 2 is 1.73 bits per heavy atom. The number of quaternary nitrogens is 1. The molecule has 0 spiro atoms. The van der Waals surface area contributed by atoms with Gasteiger partial charge in [0.15, 0.2) is 0 Å². The summed E-state index contributed by atoms with van der Waals surface area (Å²) in [6.45, 7) is 2.10. The largest absolute Gasteiger partial charge is 0.867 e. The lowest BCUT2D eigenvalue weighted by atomic mass is 10.0. The summed E-state index contributed by atoms with van der Waals surface area (Å²) in [5, 5.41) is 42.6. The number of non-ortho nitro benzene ring substituents is 1. The first-order valence-corrected chi connectivity index (χ1v) is 10.1. The molecule has 12 nitrogen and oxygen atoms in total. The summed E-state index contributed by atoms with van der Waals surface area (Å²) in [6.07, 6.45) is 4.31. The van der Waals surface area contributed by atoms with E-state index in [1.807, 2.05) is 12.1 Å². The number of hydrogen-bond acceptors (Lipinski definition) is 8. The molecule has 4 rings (SSSR count). The fraction of sp³-hybridized carbons (Fsp3) is 0.150. The lowest BCUT2D eigenvalue weighted by molar-refractivity contribution is -0.413. The number of carboxylic acids is 1. The number of nitrogens with zero attached hydrogens (tertiary/aromatic N) is 2. The summed E-state index contributed by atoms with van der Waals surface area (Å²) in [4.78, 5) is 29.1. The highest BCUT2D eigenvalue weighted by Crippen LogP contribution is 2.38. The molecule has 0 radical (unpaired) electrons. The number of halogens is 1. The molecular formula is C20H16BrN3O9. The molecule has 172 valence electrons. The van der Waals surface area contributed by atoms with Gasteiger partial charge in [-0.1, -0.05) is 0 Å². The third kappa shape index (κ3) is 4.63. The molecule has 0 aliphatic heterocycles. The molecule has 0 fully saturated rings. The van der Waals surface area contributed by atoms with E-state index < -0.39 is 38.5 Å². The van der Waals surface area contributed by atoms with Gasteiger partial charge >= 0.3 is 5.97 Å². The summed E-state index contributed by atoms with van der Waals surface area (Å²) >= 11 is 3.57. The second kappa shape index (κ2) is 9.26. The molecular weight excluding hydrogens is 506 g/mol. The number of carboxylic acid groups (broad SMARTS) is 1. The zero-order chi connectivity index (χ0) is 24.4. The van der Waals surface area contributed by atoms with Gasteiger partial charge in [-0.3, -0.25) is 20.2 Å². The summed E-state index contributed by atoms with van der Waals surface area (Å²) in [7, 11) is 0. The van der Waals surface area contributed by atoms with E-state index >= 15 is 0 Å². The van der Waals surface area contributed by atoms with E-state index in [-0.39, 0.29) is 0 Å². The Balaban J connectivity index is 0.000000186. The highest BCUT2D eigenvalue weighted by Gasteiger charge is 2.22. The summed E-state index contributed by atoms with van der Waals surface area (Å²) in [5.41, 5.74) is 4.10. The zero-order valence-electron chi connectivity index (χ0n) is 16.9. The summed E-state index contributed by atoms with van der Waals surface area (Å²) in [6, 6.07) is 5.19. The van der Waals surface area contributed by atoms with Crippen LogP contribution in [0.4, 0.5) is 11.4 Å². The molecule has 2 heterocycles. The minimum Gasteiger partial charge on any atom is -0.867 e. The lowest BCUT2D eigenvalue weighted by Crippen LogP contribution is -2.60. The van der Waals surface area contributed by atoms with Crippen LogP contribution in [-0.4, -0.2) is 27.0 Å². The van der Waals surface area contributed by atoms with Crippen LogP contribution in [0.25, 0.3) is 21.9 Å². The molecule has 4 aromatic rings. The second-order valence-corrected chi connectivity index (χ2v) is 7.88. The SMILES string of the molecule is C[C@@H]([NH3+])Cc1c2ccoc2c(Br)c2ccoc12.O=C(O)c1cc([N+](=O)[O-])cc([N+](=O)[O-])c1[O-]. The summed E-state index contributed by atoms with van der Waals surface area (Å²) in [5.74, 6) is -3.11. The van der Waals surface area contributed by atoms with Gasteiger partial charge in [0.05, 0.1) is 44.5 Å². The van der Waals surface area contributed by atoms with E-state index in [2.05, 4.69) is 28.6 Å². The number of aromatic carboxylic acids is 1. The molecule has 33 heavy (non-hydrogen) atoms. The van der Waals surface area contributed by atoms with Crippen molar-refractivity contribution in [3.63, 3.8) is 0 Å². The minimum absolute atomic E-state index is 0.336. The maximum Gasteiger partial charge on any atom is 0.335 e. The van der Waals surface area contributed by atoms with Gasteiger partial charge in [0.1, 0.15) is 11.2 Å². The van der Waals surface area contributed by atoms with Gasteiger partial charge in [0.2, 0.25) is 0 Å². The molecule has 4 N–H and O–H groups in total. The topological polar surface area (TPSA) is 201 Å². The van der Waals surface area contributed by atoms with Crippen molar-refractivity contribution in [3.8, 4) is 5.75 Å². The van der Waals surface area contributed by atoms with Crippen molar-refractivity contribution in [2.75, 3.05) is 0 Å². The van der Waals surface area contributed by atoms with Crippen LogP contribution in [0.3, 0.4) is 0 Å². The van der Waals surface area contributed by atoms with E-state index in [9.17, 15) is 30.1 Å². The number of nitro groups is 2. The van der Waals surface area contributed by atoms with E-state index in [4.69, 9.17) is 13.9 Å². The fourth-order valence-electron chi connectivity index (χ4n) is 3.23. The first kappa shape index (κ1) is 23.7. The molecule has 0 amide bonds. The quantitative estimate of drug-likeness (QED) is 0.291. The number of carbonyl (C=O) groups is 1. The van der Waals surface area contributed by atoms with E-state index in [0.717, 1.165) is 32.8 Å². The first-order chi connectivity index (χ1) is 15.5. The molecule has 0 bridgehead atoms. The number of hydrogen-bond donors (Lipinski definition) is 2. The average Bonchev–Trinajstić information content (AvgIpc) is 3.41. The number of rotatable bonds is 5. The van der Waals surface area contributed by atoms with Gasteiger partial charge in [-0.25, -0.2) is 4.79 Å². The molecule has 2 aromatic heterocycles. The predicted molar refractivity (Wildman–Crippen MR) is 116 cm³/mol. The molecule has 2 aromatic carbocycles. The maximum atomic E-state index is 11.2. The third-order valence-corrected chi connectivity index (χ3v) is 5.40. The molecule has 0 saturated carbocycles. The first-order valence-electron chi connectivity index (χ1n) is 9.27. The van der Waals surface area contributed by atoms with Gasteiger partial charge in [-0.05, 0) is 40.7 Å². The highest BCUT2D eigenvalue weighted by atomic mass is 79.9. The lowest BCUT2D eigenvalue weighted by Gasteiger charge is -2.09. The number of nitro benzene ring substituents is 2. The maximum absolute atomic E-state index is 11.2. The van der Waals surface area contributed by atoms with Crippen molar-refractivity contribution < 1.29 is 39.4 Å². The Morgan fingerprint density at radius 1 is 1.12 bits per heavy atom. The number of benzene rings is 2. The van der Waals surface area contributed by atoms with Crippen LogP contribution in [0.15, 0.2) is 50.1 Å². The van der Waals surface area contributed by atoms with Crippen LogP contribution in [0.5, 0.6) is 5.75 Å². The van der Waals surface area contributed by atoms with Crippen LogP contribution < -0.4 is 10.8 Å². The second-order valence-electron chi connectivity index (χ2n) is 7.09. The molecule has 0 aliphatic carbocycles.